The Hall–Kier alpha value is -2.84. The molecule has 4 rings (SSSR count). The number of amides is 4. The summed E-state index contributed by atoms with van der Waals surface area (Å²) in [5.74, 6) is -1.55. The van der Waals surface area contributed by atoms with E-state index in [1.807, 2.05) is 6.08 Å². The van der Waals surface area contributed by atoms with Crippen molar-refractivity contribution in [2.45, 2.75) is 12.5 Å². The van der Waals surface area contributed by atoms with Gasteiger partial charge in [0.25, 0.3) is 11.8 Å². The Bertz CT molecular complexity index is 711. The zero-order chi connectivity index (χ0) is 18.6. The number of carbonyl (C=O) groups excluding carboxylic acids is 4. The van der Waals surface area contributed by atoms with Crippen LogP contribution in [0.15, 0.2) is 36.4 Å². The second kappa shape index (κ2) is 7.82. The fourth-order valence-electron chi connectivity index (χ4n) is 2.96. The van der Waals surface area contributed by atoms with Crippen molar-refractivity contribution in [1.82, 2.24) is 10.6 Å². The van der Waals surface area contributed by atoms with Crippen LogP contribution >= 0.6 is 0 Å². The highest BCUT2D eigenvalue weighted by atomic mass is 16.2. The Morgan fingerprint density at radius 3 is 2.00 bits per heavy atom. The van der Waals surface area contributed by atoms with E-state index >= 15 is 0 Å². The average molecular weight is 344 g/mol. The molecule has 1 aromatic rings. The Morgan fingerprint density at radius 1 is 0.920 bits per heavy atom. The summed E-state index contributed by atoms with van der Waals surface area (Å²) in [5.41, 5.74) is 11.1. The molecule has 2 aliphatic heterocycles. The Morgan fingerprint density at radius 2 is 1.48 bits per heavy atom. The fraction of sp³-hybridized carbons (Fsp3) is 0.294. The number of nitrogens with two attached hydrogens (primary N) is 2. The van der Waals surface area contributed by atoms with Crippen LogP contribution in [0.4, 0.5) is 0 Å². The molecular formula is C17H20N4O4. The van der Waals surface area contributed by atoms with Gasteiger partial charge in [0.2, 0.25) is 11.8 Å². The Balaban J connectivity index is 0.000000165. The third-order valence-corrected chi connectivity index (χ3v) is 4.13. The molecule has 0 aromatic heterocycles. The molecule has 0 radical (unpaired) electrons. The molecule has 3 atom stereocenters. The molecule has 0 saturated carbocycles. The van der Waals surface area contributed by atoms with Crippen LogP contribution in [0.5, 0.6) is 0 Å². The van der Waals surface area contributed by atoms with Gasteiger partial charge < -0.3 is 11.5 Å². The summed E-state index contributed by atoms with van der Waals surface area (Å²) in [7, 11) is 1.50. The van der Waals surface area contributed by atoms with Gasteiger partial charge in [0.05, 0.1) is 23.0 Å². The van der Waals surface area contributed by atoms with Crippen LogP contribution in [-0.2, 0) is 9.59 Å². The standard InChI is InChI=1S/C8H10N2O2.C8H5NO2.CH5N/c9-5-3-1-2-4-6(5)8(12)10-7(4)11;10-7-5-3-1-2-4-6(5)8(11)9-7;1-2/h1,3-6H,2,9H2,(H,10,11,12);1-4H,(H,9,10,11);2H2,1H3. The number of hydrogen-bond donors (Lipinski definition) is 4. The quantitative estimate of drug-likeness (QED) is 0.362. The van der Waals surface area contributed by atoms with Gasteiger partial charge in [0.15, 0.2) is 0 Å². The van der Waals surface area contributed by atoms with Crippen molar-refractivity contribution in [3.63, 3.8) is 0 Å². The van der Waals surface area contributed by atoms with Crippen LogP contribution in [0.2, 0.25) is 0 Å². The Kier molecular flexibility index (Phi) is 5.79. The number of rotatable bonds is 0. The summed E-state index contributed by atoms with van der Waals surface area (Å²) in [4.78, 5) is 44.2. The summed E-state index contributed by atoms with van der Waals surface area (Å²) in [6, 6.07) is 6.44. The van der Waals surface area contributed by atoms with Crippen LogP contribution in [0.3, 0.4) is 0 Å². The smallest absolute Gasteiger partial charge is 0.258 e. The lowest BCUT2D eigenvalue weighted by Gasteiger charge is -2.22. The van der Waals surface area contributed by atoms with Crippen molar-refractivity contribution in [2.75, 3.05) is 7.05 Å². The SMILES string of the molecule is CN.NC1C=CCC2C(=O)NC(=O)C12.O=C1NC(=O)c2ccccc21. The summed E-state index contributed by atoms with van der Waals surface area (Å²) in [6.07, 6.45) is 4.29. The molecular weight excluding hydrogens is 324 g/mol. The average Bonchev–Trinajstić information content (AvgIpc) is 3.08. The van der Waals surface area contributed by atoms with Crippen molar-refractivity contribution in [2.24, 2.45) is 23.3 Å². The van der Waals surface area contributed by atoms with E-state index in [4.69, 9.17) is 5.73 Å². The van der Waals surface area contributed by atoms with Gasteiger partial charge in [-0.2, -0.15) is 0 Å². The summed E-state index contributed by atoms with van der Waals surface area (Å²) < 4.78 is 0. The Labute approximate surface area is 144 Å². The predicted octanol–water partition coefficient (Wildman–Crippen LogP) is -0.692. The molecule has 25 heavy (non-hydrogen) atoms. The first-order valence-electron chi connectivity index (χ1n) is 7.78. The summed E-state index contributed by atoms with van der Waals surface area (Å²) >= 11 is 0. The number of imide groups is 2. The van der Waals surface area contributed by atoms with Crippen molar-refractivity contribution in [3.05, 3.63) is 47.5 Å². The number of carbonyl (C=O) groups is 4. The van der Waals surface area contributed by atoms with E-state index in [0.29, 0.717) is 17.5 Å². The number of nitrogens with one attached hydrogen (secondary N) is 2. The van der Waals surface area contributed by atoms with Gasteiger partial charge in [-0.1, -0.05) is 24.3 Å². The lowest BCUT2D eigenvalue weighted by Crippen LogP contribution is -2.38. The normalized spacial score (nSPS) is 25.6. The van der Waals surface area contributed by atoms with E-state index in [1.165, 1.54) is 7.05 Å². The lowest BCUT2D eigenvalue weighted by atomic mass is 9.82. The molecule has 0 spiro atoms. The second-order valence-corrected chi connectivity index (χ2v) is 5.56. The first kappa shape index (κ1) is 18.5. The van der Waals surface area contributed by atoms with Crippen molar-refractivity contribution >= 4 is 23.6 Å². The van der Waals surface area contributed by atoms with Gasteiger partial charge in [-0.05, 0) is 25.6 Å². The molecule has 1 aromatic carbocycles. The van der Waals surface area contributed by atoms with E-state index in [1.54, 1.807) is 30.3 Å². The molecule has 2 heterocycles. The maximum Gasteiger partial charge on any atom is 0.258 e. The van der Waals surface area contributed by atoms with E-state index in [9.17, 15) is 19.2 Å². The number of benzene rings is 1. The lowest BCUT2D eigenvalue weighted by molar-refractivity contribution is -0.126. The van der Waals surface area contributed by atoms with Gasteiger partial charge >= 0.3 is 0 Å². The van der Waals surface area contributed by atoms with Gasteiger partial charge in [-0.25, -0.2) is 0 Å². The molecule has 3 aliphatic rings. The molecule has 6 N–H and O–H groups in total. The minimum absolute atomic E-state index is 0.176. The van der Waals surface area contributed by atoms with Crippen LogP contribution in [0.25, 0.3) is 0 Å². The molecule has 8 nitrogen and oxygen atoms in total. The van der Waals surface area contributed by atoms with Gasteiger partial charge in [-0.3, -0.25) is 29.8 Å². The minimum atomic E-state index is -0.331. The zero-order valence-electron chi connectivity index (χ0n) is 13.7. The zero-order valence-corrected chi connectivity index (χ0v) is 13.7. The number of allylic oxidation sites excluding steroid dienone is 1. The predicted molar refractivity (Wildman–Crippen MR) is 90.2 cm³/mol. The highest BCUT2D eigenvalue weighted by molar-refractivity contribution is 6.21. The van der Waals surface area contributed by atoms with E-state index in [-0.39, 0.29) is 41.5 Å². The second-order valence-electron chi connectivity index (χ2n) is 5.56. The van der Waals surface area contributed by atoms with E-state index in [0.717, 1.165) is 0 Å². The highest BCUT2D eigenvalue weighted by Gasteiger charge is 2.44. The van der Waals surface area contributed by atoms with Crippen LogP contribution < -0.4 is 22.1 Å². The van der Waals surface area contributed by atoms with Crippen LogP contribution in [0.1, 0.15) is 27.1 Å². The molecule has 1 fully saturated rings. The number of fused-ring (bicyclic) bond motifs is 2. The molecule has 8 heteroatoms. The van der Waals surface area contributed by atoms with Crippen molar-refractivity contribution in [3.8, 4) is 0 Å². The van der Waals surface area contributed by atoms with Crippen molar-refractivity contribution in [1.29, 1.82) is 0 Å². The third kappa shape index (κ3) is 3.65. The molecule has 4 amide bonds. The maximum absolute atomic E-state index is 11.2. The molecule has 1 aliphatic carbocycles. The van der Waals surface area contributed by atoms with Gasteiger partial charge in [0.1, 0.15) is 0 Å². The fourth-order valence-corrected chi connectivity index (χ4v) is 2.96. The molecule has 3 unspecified atom stereocenters. The van der Waals surface area contributed by atoms with Crippen molar-refractivity contribution < 1.29 is 19.2 Å². The first-order chi connectivity index (χ1) is 12.0. The maximum atomic E-state index is 11.2. The van der Waals surface area contributed by atoms with Crippen LogP contribution in [0, 0.1) is 11.8 Å². The van der Waals surface area contributed by atoms with E-state index in [2.05, 4.69) is 16.4 Å². The topological polar surface area (TPSA) is 144 Å². The largest absolute Gasteiger partial charge is 0.333 e. The monoisotopic (exact) mass is 344 g/mol. The van der Waals surface area contributed by atoms with Gasteiger partial charge in [-0.15, -0.1) is 0 Å². The number of hydrogen-bond acceptors (Lipinski definition) is 6. The highest BCUT2D eigenvalue weighted by Crippen LogP contribution is 2.29. The minimum Gasteiger partial charge on any atom is -0.333 e. The third-order valence-electron chi connectivity index (χ3n) is 4.13. The molecule has 132 valence electrons. The molecule has 1 saturated heterocycles. The summed E-state index contributed by atoms with van der Waals surface area (Å²) in [5, 5.41) is 4.50. The summed E-state index contributed by atoms with van der Waals surface area (Å²) in [6.45, 7) is 0. The van der Waals surface area contributed by atoms with Gasteiger partial charge in [0, 0.05) is 6.04 Å². The van der Waals surface area contributed by atoms with Crippen LogP contribution in [-0.4, -0.2) is 36.7 Å². The van der Waals surface area contributed by atoms with E-state index < -0.39 is 0 Å². The first-order valence-corrected chi connectivity index (χ1v) is 7.78. The molecule has 0 bridgehead atoms.